The zero-order chi connectivity index (χ0) is 13.7. The Bertz CT molecular complexity index is 431. The van der Waals surface area contributed by atoms with Crippen molar-refractivity contribution in [2.45, 2.75) is 25.0 Å². The molecule has 0 atom stereocenters. The molecule has 104 valence electrons. The van der Waals surface area contributed by atoms with Gasteiger partial charge in [0.2, 0.25) is 11.9 Å². The standard InChI is InChI=1S/C12H17ClN4OS/c1-8-6-10(13)16-12(15-8)17-11(18)7-19-9-2-4-14-5-3-9/h6,9,14H,2-5,7H2,1H3,(H,15,16,17,18). The smallest absolute Gasteiger partial charge is 0.236 e. The molecule has 1 aliphatic heterocycles. The van der Waals surface area contributed by atoms with Gasteiger partial charge < -0.3 is 5.32 Å². The Morgan fingerprint density at radius 3 is 2.95 bits per heavy atom. The van der Waals surface area contributed by atoms with Gasteiger partial charge in [0.1, 0.15) is 5.15 Å². The first-order chi connectivity index (χ1) is 9.13. The molecule has 0 aliphatic carbocycles. The summed E-state index contributed by atoms with van der Waals surface area (Å²) in [5, 5.41) is 6.89. The van der Waals surface area contributed by atoms with Gasteiger partial charge in [0.15, 0.2) is 0 Å². The monoisotopic (exact) mass is 300 g/mol. The van der Waals surface area contributed by atoms with Crippen molar-refractivity contribution in [2.75, 3.05) is 24.2 Å². The summed E-state index contributed by atoms with van der Waals surface area (Å²) in [5.74, 6) is 0.630. The lowest BCUT2D eigenvalue weighted by atomic mass is 10.2. The van der Waals surface area contributed by atoms with Crippen LogP contribution in [0.1, 0.15) is 18.5 Å². The maximum Gasteiger partial charge on any atom is 0.236 e. The number of thioether (sulfide) groups is 1. The molecule has 0 spiro atoms. The highest BCUT2D eigenvalue weighted by molar-refractivity contribution is 8.00. The van der Waals surface area contributed by atoms with Crippen LogP contribution in [0.3, 0.4) is 0 Å². The third kappa shape index (κ3) is 4.97. The lowest BCUT2D eigenvalue weighted by molar-refractivity contribution is -0.113. The lowest BCUT2D eigenvalue weighted by Gasteiger charge is -2.21. The van der Waals surface area contributed by atoms with E-state index in [1.54, 1.807) is 17.8 Å². The molecule has 2 heterocycles. The van der Waals surface area contributed by atoms with E-state index >= 15 is 0 Å². The van der Waals surface area contributed by atoms with E-state index in [0.717, 1.165) is 31.6 Å². The molecule has 1 amide bonds. The van der Waals surface area contributed by atoms with Gasteiger partial charge >= 0.3 is 0 Å². The maximum atomic E-state index is 11.8. The highest BCUT2D eigenvalue weighted by Gasteiger charge is 2.15. The van der Waals surface area contributed by atoms with E-state index in [1.165, 1.54) is 0 Å². The molecule has 0 unspecified atom stereocenters. The molecule has 0 radical (unpaired) electrons. The van der Waals surface area contributed by atoms with Crippen molar-refractivity contribution in [1.29, 1.82) is 0 Å². The topological polar surface area (TPSA) is 66.9 Å². The predicted octanol–water partition coefficient (Wildman–Crippen LogP) is 1.86. The fourth-order valence-electron chi connectivity index (χ4n) is 1.90. The number of hydrogen-bond acceptors (Lipinski definition) is 5. The van der Waals surface area contributed by atoms with Gasteiger partial charge in [-0.25, -0.2) is 9.97 Å². The summed E-state index contributed by atoms with van der Waals surface area (Å²) in [5.41, 5.74) is 0.737. The minimum atomic E-state index is -0.0785. The number of carbonyl (C=O) groups excluding carboxylic acids is 1. The van der Waals surface area contributed by atoms with Crippen molar-refractivity contribution in [2.24, 2.45) is 0 Å². The number of piperidine rings is 1. The molecule has 0 bridgehead atoms. The van der Waals surface area contributed by atoms with Gasteiger partial charge in [-0.05, 0) is 38.9 Å². The fraction of sp³-hybridized carbons (Fsp3) is 0.583. The Hall–Kier alpha value is -0.850. The lowest BCUT2D eigenvalue weighted by Crippen LogP contribution is -2.30. The van der Waals surface area contributed by atoms with Gasteiger partial charge in [-0.3, -0.25) is 10.1 Å². The Labute approximate surface area is 121 Å². The highest BCUT2D eigenvalue weighted by atomic mass is 35.5. The molecule has 0 aromatic carbocycles. The van der Waals surface area contributed by atoms with E-state index in [2.05, 4.69) is 20.6 Å². The summed E-state index contributed by atoms with van der Waals surface area (Å²) in [4.78, 5) is 19.9. The molecule has 2 N–H and O–H groups in total. The molecule has 1 saturated heterocycles. The Morgan fingerprint density at radius 2 is 2.26 bits per heavy atom. The van der Waals surface area contributed by atoms with Crippen LogP contribution in [-0.4, -0.2) is 40.0 Å². The Kier molecular flexibility index (Phi) is 5.42. The zero-order valence-electron chi connectivity index (χ0n) is 10.8. The number of anilines is 1. The summed E-state index contributed by atoms with van der Waals surface area (Å²) in [7, 11) is 0. The molecule has 5 nitrogen and oxygen atoms in total. The van der Waals surface area contributed by atoms with Crippen LogP contribution >= 0.6 is 23.4 Å². The van der Waals surface area contributed by atoms with Crippen LogP contribution in [0.4, 0.5) is 5.95 Å². The number of nitrogens with zero attached hydrogens (tertiary/aromatic N) is 2. The van der Waals surface area contributed by atoms with Gasteiger partial charge in [-0.1, -0.05) is 11.6 Å². The fourth-order valence-corrected chi connectivity index (χ4v) is 3.17. The van der Waals surface area contributed by atoms with Crippen LogP contribution in [0, 0.1) is 6.92 Å². The quantitative estimate of drug-likeness (QED) is 0.831. The van der Waals surface area contributed by atoms with Gasteiger partial charge in [0, 0.05) is 10.9 Å². The number of halogens is 1. The first-order valence-electron chi connectivity index (χ1n) is 6.27. The van der Waals surface area contributed by atoms with Crippen LogP contribution in [0.15, 0.2) is 6.07 Å². The first kappa shape index (κ1) is 14.6. The summed E-state index contributed by atoms with van der Waals surface area (Å²) in [6, 6.07) is 1.65. The van der Waals surface area contributed by atoms with Gasteiger partial charge in [-0.15, -0.1) is 11.8 Å². The number of aromatic nitrogens is 2. The zero-order valence-corrected chi connectivity index (χ0v) is 12.4. The van der Waals surface area contributed by atoms with E-state index < -0.39 is 0 Å². The van der Waals surface area contributed by atoms with E-state index in [-0.39, 0.29) is 11.9 Å². The normalized spacial score (nSPS) is 16.3. The van der Waals surface area contributed by atoms with Crippen LogP contribution in [0.5, 0.6) is 0 Å². The third-order valence-corrected chi connectivity index (χ3v) is 4.38. The highest BCUT2D eigenvalue weighted by Crippen LogP contribution is 2.20. The molecule has 19 heavy (non-hydrogen) atoms. The average Bonchev–Trinajstić information content (AvgIpc) is 2.36. The second kappa shape index (κ2) is 7.07. The van der Waals surface area contributed by atoms with Crippen LogP contribution in [-0.2, 0) is 4.79 Å². The van der Waals surface area contributed by atoms with E-state index in [4.69, 9.17) is 11.6 Å². The predicted molar refractivity (Wildman–Crippen MR) is 78.8 cm³/mol. The SMILES string of the molecule is Cc1cc(Cl)nc(NC(=O)CSC2CCNCC2)n1. The second-order valence-electron chi connectivity index (χ2n) is 4.46. The molecule has 1 aliphatic rings. The van der Waals surface area contributed by atoms with Crippen molar-refractivity contribution >= 4 is 35.2 Å². The third-order valence-electron chi connectivity index (χ3n) is 2.81. The van der Waals surface area contributed by atoms with Gasteiger partial charge in [-0.2, -0.15) is 0 Å². The van der Waals surface area contributed by atoms with Gasteiger partial charge in [0.05, 0.1) is 5.75 Å². The van der Waals surface area contributed by atoms with E-state index in [1.807, 2.05) is 6.92 Å². The van der Waals surface area contributed by atoms with Crippen LogP contribution in [0.25, 0.3) is 0 Å². The van der Waals surface area contributed by atoms with Crippen molar-refractivity contribution in [3.8, 4) is 0 Å². The van der Waals surface area contributed by atoms with Crippen LogP contribution < -0.4 is 10.6 Å². The van der Waals surface area contributed by atoms with E-state index in [9.17, 15) is 4.79 Å². The van der Waals surface area contributed by atoms with Crippen molar-refractivity contribution in [3.05, 3.63) is 16.9 Å². The molecule has 2 rings (SSSR count). The number of carbonyl (C=O) groups is 1. The molecule has 1 fully saturated rings. The van der Waals surface area contributed by atoms with Crippen molar-refractivity contribution in [1.82, 2.24) is 15.3 Å². The minimum absolute atomic E-state index is 0.0785. The van der Waals surface area contributed by atoms with Gasteiger partial charge in [0.25, 0.3) is 0 Å². The molecule has 1 aromatic heterocycles. The average molecular weight is 301 g/mol. The summed E-state index contributed by atoms with van der Waals surface area (Å²) >= 11 is 7.51. The molecule has 7 heteroatoms. The number of rotatable bonds is 4. The molecule has 1 aromatic rings. The Morgan fingerprint density at radius 1 is 1.53 bits per heavy atom. The van der Waals surface area contributed by atoms with Crippen molar-refractivity contribution in [3.63, 3.8) is 0 Å². The molecular formula is C12H17ClN4OS. The maximum absolute atomic E-state index is 11.8. The second-order valence-corrected chi connectivity index (χ2v) is 6.14. The number of amides is 1. The summed E-state index contributed by atoms with van der Waals surface area (Å²) < 4.78 is 0. The van der Waals surface area contributed by atoms with Crippen molar-refractivity contribution < 1.29 is 4.79 Å². The molecule has 0 saturated carbocycles. The summed E-state index contributed by atoms with van der Waals surface area (Å²) in [6.45, 7) is 3.89. The first-order valence-corrected chi connectivity index (χ1v) is 7.69. The van der Waals surface area contributed by atoms with E-state index in [0.29, 0.717) is 16.2 Å². The number of nitrogens with one attached hydrogen (secondary N) is 2. The number of hydrogen-bond donors (Lipinski definition) is 2. The number of aryl methyl sites for hydroxylation is 1. The molecular weight excluding hydrogens is 284 g/mol. The summed E-state index contributed by atoms with van der Waals surface area (Å²) in [6.07, 6.45) is 2.23. The largest absolute Gasteiger partial charge is 0.317 e. The Balaban J connectivity index is 1.80. The minimum Gasteiger partial charge on any atom is -0.317 e. The van der Waals surface area contributed by atoms with Crippen LogP contribution in [0.2, 0.25) is 5.15 Å².